The lowest BCUT2D eigenvalue weighted by Gasteiger charge is -2.38. The Morgan fingerprint density at radius 2 is 1.84 bits per heavy atom. The van der Waals surface area contributed by atoms with Crippen molar-refractivity contribution >= 4 is 5.97 Å². The average Bonchev–Trinajstić information content (AvgIpc) is 2.23. The van der Waals surface area contributed by atoms with Gasteiger partial charge in [-0.05, 0) is 19.4 Å². The Hall–Kier alpha value is -0.990. The van der Waals surface area contributed by atoms with E-state index in [0.717, 1.165) is 0 Å². The van der Waals surface area contributed by atoms with Gasteiger partial charge >= 0.3 is 18.3 Å². The Balaban J connectivity index is 2.82. The van der Waals surface area contributed by atoms with Gasteiger partial charge in [0.1, 0.15) is 6.04 Å². The van der Waals surface area contributed by atoms with Crippen LogP contribution in [-0.2, 0) is 4.79 Å². The fraction of sp³-hybridized carbons (Fsp3) is 0.900. The quantitative estimate of drug-likeness (QED) is 0.813. The van der Waals surface area contributed by atoms with Crippen molar-refractivity contribution in [3.63, 3.8) is 0 Å². The van der Waals surface area contributed by atoms with Crippen LogP contribution < -0.4 is 0 Å². The van der Waals surface area contributed by atoms with E-state index in [1.54, 1.807) is 0 Å². The summed E-state index contributed by atoms with van der Waals surface area (Å²) < 4.78 is 75.6. The van der Waals surface area contributed by atoms with Crippen LogP contribution >= 0.6 is 0 Å². The van der Waals surface area contributed by atoms with Crippen LogP contribution in [0.25, 0.3) is 0 Å². The number of carbonyl (C=O) groups is 1. The van der Waals surface area contributed by atoms with Gasteiger partial charge in [-0.2, -0.15) is 26.3 Å². The van der Waals surface area contributed by atoms with Crippen LogP contribution in [0.4, 0.5) is 26.3 Å². The molecule has 112 valence electrons. The molecule has 0 radical (unpaired) electrons. The summed E-state index contributed by atoms with van der Waals surface area (Å²) in [5.74, 6) is -3.52. The van der Waals surface area contributed by atoms with Crippen molar-refractivity contribution in [1.82, 2.24) is 4.90 Å². The summed E-state index contributed by atoms with van der Waals surface area (Å²) in [4.78, 5) is 11.0. The third-order valence-electron chi connectivity index (χ3n) is 3.10. The molecule has 2 atom stereocenters. The fourth-order valence-electron chi connectivity index (χ4n) is 2.17. The van der Waals surface area contributed by atoms with Crippen molar-refractivity contribution in [3.8, 4) is 0 Å². The molecule has 1 aliphatic rings. The van der Waals surface area contributed by atoms with Crippen molar-refractivity contribution in [2.45, 2.75) is 37.7 Å². The molecule has 1 saturated heterocycles. The number of piperidine rings is 1. The molecule has 0 aromatic heterocycles. The van der Waals surface area contributed by atoms with E-state index in [0.29, 0.717) is 4.90 Å². The molecule has 2 unspecified atom stereocenters. The average molecular weight is 293 g/mol. The molecular weight excluding hydrogens is 280 g/mol. The third kappa shape index (κ3) is 4.55. The zero-order valence-electron chi connectivity index (χ0n) is 9.76. The third-order valence-corrected chi connectivity index (χ3v) is 3.10. The number of alkyl halides is 6. The lowest BCUT2D eigenvalue weighted by Crippen LogP contribution is -2.52. The predicted molar refractivity (Wildman–Crippen MR) is 52.4 cm³/mol. The van der Waals surface area contributed by atoms with Crippen LogP contribution in [-0.4, -0.2) is 47.5 Å². The molecule has 0 aliphatic carbocycles. The van der Waals surface area contributed by atoms with Crippen LogP contribution in [0.2, 0.25) is 0 Å². The minimum absolute atomic E-state index is 0.0314. The lowest BCUT2D eigenvalue weighted by molar-refractivity contribution is -0.217. The minimum atomic E-state index is -4.86. The van der Waals surface area contributed by atoms with E-state index in [-0.39, 0.29) is 19.4 Å². The minimum Gasteiger partial charge on any atom is -0.481 e. The van der Waals surface area contributed by atoms with Gasteiger partial charge in [-0.3, -0.25) is 9.69 Å². The number of hydrogen-bond donors (Lipinski definition) is 1. The van der Waals surface area contributed by atoms with E-state index in [4.69, 9.17) is 5.11 Å². The number of carboxylic acids is 1. The largest absolute Gasteiger partial charge is 0.481 e. The first-order chi connectivity index (χ1) is 8.51. The summed E-state index contributed by atoms with van der Waals surface area (Å²) >= 11 is 0. The normalized spacial score (nSPS) is 24.2. The van der Waals surface area contributed by atoms with Gasteiger partial charge in [0.15, 0.2) is 0 Å². The zero-order valence-corrected chi connectivity index (χ0v) is 9.76. The van der Waals surface area contributed by atoms with Gasteiger partial charge in [0.2, 0.25) is 0 Å². The number of carboxylic acid groups (broad SMARTS) is 1. The molecule has 9 heteroatoms. The van der Waals surface area contributed by atoms with Crippen molar-refractivity contribution in [2.75, 3.05) is 13.1 Å². The molecule has 1 aliphatic heterocycles. The van der Waals surface area contributed by atoms with E-state index in [1.165, 1.54) is 0 Å². The highest BCUT2D eigenvalue weighted by molar-refractivity contribution is 5.67. The molecule has 1 heterocycles. The maximum absolute atomic E-state index is 12.7. The lowest BCUT2D eigenvalue weighted by atomic mass is 9.95. The number of nitrogens with zero attached hydrogens (tertiary/aromatic N) is 1. The number of halogens is 6. The summed E-state index contributed by atoms with van der Waals surface area (Å²) in [6, 6.07) is -2.37. The Morgan fingerprint density at radius 1 is 1.26 bits per heavy atom. The summed E-state index contributed by atoms with van der Waals surface area (Å²) in [6.45, 7) is -0.981. The van der Waals surface area contributed by atoms with Gasteiger partial charge in [0.25, 0.3) is 0 Å². The van der Waals surface area contributed by atoms with Crippen LogP contribution in [0.3, 0.4) is 0 Å². The van der Waals surface area contributed by atoms with Gasteiger partial charge in [0, 0.05) is 6.54 Å². The van der Waals surface area contributed by atoms with Crippen LogP contribution in [0.15, 0.2) is 0 Å². The molecule has 1 fully saturated rings. The molecule has 0 amide bonds. The second kappa shape index (κ2) is 5.56. The second-order valence-corrected chi connectivity index (χ2v) is 4.53. The molecule has 19 heavy (non-hydrogen) atoms. The van der Waals surface area contributed by atoms with Crippen LogP contribution in [0, 0.1) is 5.92 Å². The van der Waals surface area contributed by atoms with Crippen molar-refractivity contribution in [1.29, 1.82) is 0 Å². The second-order valence-electron chi connectivity index (χ2n) is 4.53. The zero-order chi connectivity index (χ0) is 14.8. The smallest absolute Gasteiger partial charge is 0.404 e. The number of rotatable bonds is 3. The predicted octanol–water partition coefficient (Wildman–Crippen LogP) is 2.67. The Labute approximate surface area is 105 Å². The molecule has 0 saturated carbocycles. The fourth-order valence-corrected chi connectivity index (χ4v) is 2.17. The van der Waals surface area contributed by atoms with Gasteiger partial charge < -0.3 is 5.11 Å². The Kier molecular flexibility index (Phi) is 4.70. The highest BCUT2D eigenvalue weighted by atomic mass is 19.4. The first-order valence-corrected chi connectivity index (χ1v) is 5.61. The SMILES string of the molecule is O=C(O)CC(N1CCCC(C(F)(F)F)C1)C(F)(F)F. The van der Waals surface area contributed by atoms with Gasteiger partial charge in [-0.1, -0.05) is 0 Å². The molecule has 3 nitrogen and oxygen atoms in total. The van der Waals surface area contributed by atoms with E-state index in [1.807, 2.05) is 0 Å². The molecule has 0 aromatic carbocycles. The molecule has 0 aromatic rings. The summed E-state index contributed by atoms with van der Waals surface area (Å²) in [7, 11) is 0. The highest BCUT2D eigenvalue weighted by Crippen LogP contribution is 2.36. The molecule has 0 spiro atoms. The number of likely N-dealkylation sites (tertiary alicyclic amines) is 1. The van der Waals surface area contributed by atoms with Crippen LogP contribution in [0.1, 0.15) is 19.3 Å². The Bertz CT molecular complexity index is 327. The topological polar surface area (TPSA) is 40.5 Å². The maximum Gasteiger partial charge on any atom is 0.404 e. The molecule has 1 rings (SSSR count). The first kappa shape index (κ1) is 16.1. The first-order valence-electron chi connectivity index (χ1n) is 5.61. The van der Waals surface area contributed by atoms with Crippen molar-refractivity contribution < 1.29 is 36.2 Å². The summed E-state index contributed by atoms with van der Waals surface area (Å²) in [5.41, 5.74) is 0. The van der Waals surface area contributed by atoms with E-state index >= 15 is 0 Å². The highest BCUT2D eigenvalue weighted by Gasteiger charge is 2.49. The van der Waals surface area contributed by atoms with Crippen LogP contribution in [0.5, 0.6) is 0 Å². The molecule has 1 N–H and O–H groups in total. The summed E-state index contributed by atoms with van der Waals surface area (Å²) in [6.07, 6.45) is -10.9. The van der Waals surface area contributed by atoms with Crippen molar-refractivity contribution in [3.05, 3.63) is 0 Å². The van der Waals surface area contributed by atoms with Gasteiger partial charge in [-0.25, -0.2) is 0 Å². The van der Waals surface area contributed by atoms with Gasteiger partial charge in [0.05, 0.1) is 12.3 Å². The Morgan fingerprint density at radius 3 is 2.26 bits per heavy atom. The number of hydrogen-bond acceptors (Lipinski definition) is 2. The maximum atomic E-state index is 12.7. The van der Waals surface area contributed by atoms with E-state index < -0.39 is 43.2 Å². The monoisotopic (exact) mass is 293 g/mol. The van der Waals surface area contributed by atoms with Gasteiger partial charge in [-0.15, -0.1) is 0 Å². The molecular formula is C10H13F6NO2. The molecule has 0 bridgehead atoms. The van der Waals surface area contributed by atoms with E-state index in [9.17, 15) is 31.1 Å². The van der Waals surface area contributed by atoms with Crippen molar-refractivity contribution in [2.24, 2.45) is 5.92 Å². The van der Waals surface area contributed by atoms with E-state index in [2.05, 4.69) is 0 Å². The number of aliphatic carboxylic acids is 1. The summed E-state index contributed by atoms with van der Waals surface area (Å²) in [5, 5.41) is 8.45. The standard InChI is InChI=1S/C10H13F6NO2/c11-9(12,13)6-2-1-3-17(5-6)7(4-8(18)19)10(14,15)16/h6-7H,1-5H2,(H,18,19).